The summed E-state index contributed by atoms with van der Waals surface area (Å²) >= 11 is 3.28. The third-order valence-corrected chi connectivity index (χ3v) is 6.19. The highest BCUT2D eigenvalue weighted by atomic mass is 79.9. The number of piperidine rings is 1. The Morgan fingerprint density at radius 1 is 1.39 bits per heavy atom. The SMILES string of the molecule is CC(CS(=O)(=O)c1ccc(Br)cc1)C(=O)N[C@H]1CCCNC1.Cl. The van der Waals surface area contributed by atoms with Gasteiger partial charge in [0.15, 0.2) is 9.84 Å². The van der Waals surface area contributed by atoms with Crippen LogP contribution in [0.3, 0.4) is 0 Å². The van der Waals surface area contributed by atoms with Crippen molar-refractivity contribution in [2.45, 2.75) is 30.7 Å². The Labute approximate surface area is 152 Å². The molecule has 8 heteroatoms. The van der Waals surface area contributed by atoms with Crippen LogP contribution in [0.25, 0.3) is 0 Å². The van der Waals surface area contributed by atoms with Crippen LogP contribution in [0.15, 0.2) is 33.6 Å². The molecule has 1 fully saturated rings. The highest BCUT2D eigenvalue weighted by molar-refractivity contribution is 9.10. The molecule has 130 valence electrons. The molecule has 0 bridgehead atoms. The number of nitrogens with one attached hydrogen (secondary N) is 2. The molecule has 0 aromatic heterocycles. The molecular weight excluding hydrogens is 404 g/mol. The van der Waals surface area contributed by atoms with Gasteiger partial charge in [-0.25, -0.2) is 8.42 Å². The zero-order chi connectivity index (χ0) is 16.2. The van der Waals surface area contributed by atoms with Crippen LogP contribution in [0.4, 0.5) is 0 Å². The van der Waals surface area contributed by atoms with Gasteiger partial charge < -0.3 is 10.6 Å². The van der Waals surface area contributed by atoms with Gasteiger partial charge in [0.1, 0.15) is 0 Å². The first-order valence-corrected chi connectivity index (χ1v) is 9.82. The summed E-state index contributed by atoms with van der Waals surface area (Å²) in [6.07, 6.45) is 1.96. The highest BCUT2D eigenvalue weighted by Crippen LogP contribution is 2.18. The van der Waals surface area contributed by atoms with E-state index in [4.69, 9.17) is 0 Å². The van der Waals surface area contributed by atoms with Crippen molar-refractivity contribution < 1.29 is 13.2 Å². The van der Waals surface area contributed by atoms with Gasteiger partial charge in [0.05, 0.1) is 10.6 Å². The van der Waals surface area contributed by atoms with Crippen molar-refractivity contribution >= 4 is 44.1 Å². The number of amides is 1. The van der Waals surface area contributed by atoms with E-state index in [0.29, 0.717) is 0 Å². The molecule has 1 aromatic carbocycles. The van der Waals surface area contributed by atoms with E-state index in [1.165, 1.54) is 0 Å². The van der Waals surface area contributed by atoms with Gasteiger partial charge in [-0.3, -0.25) is 4.79 Å². The van der Waals surface area contributed by atoms with Crippen LogP contribution in [0, 0.1) is 5.92 Å². The fraction of sp³-hybridized carbons (Fsp3) is 0.533. The molecule has 0 radical (unpaired) electrons. The van der Waals surface area contributed by atoms with Crippen molar-refractivity contribution in [2.24, 2.45) is 5.92 Å². The molecule has 1 heterocycles. The summed E-state index contributed by atoms with van der Waals surface area (Å²) in [5.74, 6) is -0.953. The maximum atomic E-state index is 12.3. The Kier molecular flexibility index (Phi) is 8.00. The van der Waals surface area contributed by atoms with Crippen LogP contribution in [0.1, 0.15) is 19.8 Å². The lowest BCUT2D eigenvalue weighted by molar-refractivity contribution is -0.124. The minimum absolute atomic E-state index is 0. The molecule has 2 atom stereocenters. The van der Waals surface area contributed by atoms with Crippen LogP contribution < -0.4 is 10.6 Å². The van der Waals surface area contributed by atoms with Crippen molar-refractivity contribution in [1.82, 2.24) is 10.6 Å². The Morgan fingerprint density at radius 2 is 2.04 bits per heavy atom. The molecule has 1 unspecified atom stereocenters. The largest absolute Gasteiger partial charge is 0.352 e. The van der Waals surface area contributed by atoms with Crippen molar-refractivity contribution in [1.29, 1.82) is 0 Å². The number of hydrogen-bond acceptors (Lipinski definition) is 4. The first-order valence-electron chi connectivity index (χ1n) is 7.38. The molecule has 1 aliphatic heterocycles. The molecule has 1 amide bonds. The quantitative estimate of drug-likeness (QED) is 0.758. The number of halogens is 2. The van der Waals surface area contributed by atoms with E-state index < -0.39 is 15.8 Å². The Bertz CT molecular complexity index is 616. The van der Waals surface area contributed by atoms with Gasteiger partial charge in [-0.15, -0.1) is 12.4 Å². The first-order chi connectivity index (χ1) is 10.4. The van der Waals surface area contributed by atoms with Gasteiger partial charge in [0, 0.05) is 23.0 Å². The van der Waals surface area contributed by atoms with Crippen molar-refractivity contribution in [2.75, 3.05) is 18.8 Å². The Balaban J connectivity index is 0.00000264. The summed E-state index contributed by atoms with van der Waals surface area (Å²) in [7, 11) is -3.46. The first kappa shape index (κ1) is 20.4. The third kappa shape index (κ3) is 6.06. The van der Waals surface area contributed by atoms with E-state index in [1.807, 2.05) is 0 Å². The van der Waals surface area contributed by atoms with Crippen LogP contribution in [-0.4, -0.2) is 39.2 Å². The molecule has 0 spiro atoms. The second-order valence-electron chi connectivity index (χ2n) is 5.69. The third-order valence-electron chi connectivity index (χ3n) is 3.73. The van der Waals surface area contributed by atoms with Crippen molar-refractivity contribution in [3.63, 3.8) is 0 Å². The molecular formula is C15H22BrClN2O3S. The van der Waals surface area contributed by atoms with Gasteiger partial charge in [-0.1, -0.05) is 22.9 Å². The molecule has 5 nitrogen and oxygen atoms in total. The fourth-order valence-corrected chi connectivity index (χ4v) is 4.28. The predicted octanol–water partition coefficient (Wildman–Crippen LogP) is 2.15. The average Bonchev–Trinajstić information content (AvgIpc) is 2.48. The van der Waals surface area contributed by atoms with Gasteiger partial charge in [0.25, 0.3) is 0 Å². The lowest BCUT2D eigenvalue weighted by Crippen LogP contribution is -2.47. The van der Waals surface area contributed by atoms with Crippen LogP contribution in [-0.2, 0) is 14.6 Å². The number of hydrogen-bond donors (Lipinski definition) is 2. The van der Waals surface area contributed by atoms with E-state index in [1.54, 1.807) is 31.2 Å². The molecule has 0 saturated carbocycles. The van der Waals surface area contributed by atoms with Crippen LogP contribution in [0.2, 0.25) is 0 Å². The number of rotatable bonds is 5. The topological polar surface area (TPSA) is 75.3 Å². The molecule has 23 heavy (non-hydrogen) atoms. The lowest BCUT2D eigenvalue weighted by Gasteiger charge is -2.25. The van der Waals surface area contributed by atoms with E-state index in [0.717, 1.165) is 30.4 Å². The minimum atomic E-state index is -3.46. The standard InChI is InChI=1S/C15H21BrN2O3S.ClH/c1-11(15(19)18-13-3-2-8-17-9-13)10-22(20,21)14-6-4-12(16)5-7-14;/h4-7,11,13,17H,2-3,8-10H2,1H3,(H,18,19);1H/t11?,13-;/m0./s1. The van der Waals surface area contributed by atoms with Gasteiger partial charge >= 0.3 is 0 Å². The van der Waals surface area contributed by atoms with Gasteiger partial charge in [0.2, 0.25) is 5.91 Å². The second kappa shape index (κ2) is 9.01. The monoisotopic (exact) mass is 424 g/mol. The van der Waals surface area contributed by atoms with E-state index in [9.17, 15) is 13.2 Å². The zero-order valence-electron chi connectivity index (χ0n) is 12.9. The van der Waals surface area contributed by atoms with E-state index >= 15 is 0 Å². The number of sulfone groups is 1. The van der Waals surface area contributed by atoms with Gasteiger partial charge in [-0.05, 0) is 43.7 Å². The summed E-state index contributed by atoms with van der Waals surface area (Å²) < 4.78 is 25.5. The normalized spacial score (nSPS) is 19.5. The lowest BCUT2D eigenvalue weighted by atomic mass is 10.1. The number of carbonyl (C=O) groups is 1. The highest BCUT2D eigenvalue weighted by Gasteiger charge is 2.25. The maximum absolute atomic E-state index is 12.3. The smallest absolute Gasteiger partial charge is 0.224 e. The van der Waals surface area contributed by atoms with Crippen molar-refractivity contribution in [3.8, 4) is 0 Å². The summed E-state index contributed by atoms with van der Waals surface area (Å²) in [5.41, 5.74) is 0. The maximum Gasteiger partial charge on any atom is 0.224 e. The van der Waals surface area contributed by atoms with Crippen LogP contribution in [0.5, 0.6) is 0 Å². The average molecular weight is 426 g/mol. The Hall–Kier alpha value is -0.630. The summed E-state index contributed by atoms with van der Waals surface area (Å²) in [4.78, 5) is 12.4. The minimum Gasteiger partial charge on any atom is -0.352 e. The molecule has 2 rings (SSSR count). The molecule has 1 aliphatic rings. The summed E-state index contributed by atoms with van der Waals surface area (Å²) in [6.45, 7) is 3.37. The second-order valence-corrected chi connectivity index (χ2v) is 8.64. The zero-order valence-corrected chi connectivity index (χ0v) is 16.1. The summed E-state index contributed by atoms with van der Waals surface area (Å²) in [5, 5.41) is 6.15. The number of benzene rings is 1. The number of carbonyl (C=O) groups excluding carboxylic acids is 1. The molecule has 1 aromatic rings. The molecule has 1 saturated heterocycles. The van der Waals surface area contributed by atoms with Crippen molar-refractivity contribution in [3.05, 3.63) is 28.7 Å². The van der Waals surface area contributed by atoms with E-state index in [-0.39, 0.29) is 35.0 Å². The van der Waals surface area contributed by atoms with Gasteiger partial charge in [-0.2, -0.15) is 0 Å². The molecule has 2 N–H and O–H groups in total. The molecule has 0 aliphatic carbocycles. The van der Waals surface area contributed by atoms with E-state index in [2.05, 4.69) is 26.6 Å². The Morgan fingerprint density at radius 3 is 2.61 bits per heavy atom. The predicted molar refractivity (Wildman–Crippen MR) is 96.6 cm³/mol. The fourth-order valence-electron chi connectivity index (χ4n) is 2.46. The van der Waals surface area contributed by atoms with Crippen LogP contribution >= 0.6 is 28.3 Å². The summed E-state index contributed by atoms with van der Waals surface area (Å²) in [6, 6.07) is 6.57.